The zero-order chi connectivity index (χ0) is 14.0. The monoisotopic (exact) mass is 269 g/mol. The van der Waals surface area contributed by atoms with Crippen molar-refractivity contribution in [1.82, 2.24) is 4.98 Å². The number of carbonyl (C=O) groups excluding carboxylic acids is 1. The largest absolute Gasteiger partial charge is 0.462 e. The summed E-state index contributed by atoms with van der Waals surface area (Å²) in [6, 6.07) is 6.48. The number of benzene rings is 1. The van der Waals surface area contributed by atoms with Crippen LogP contribution in [0.3, 0.4) is 0 Å². The van der Waals surface area contributed by atoms with Gasteiger partial charge in [-0.15, -0.1) is 0 Å². The standard InChI is InChI=1S/C13H10F3NO2/c1-2-19-12(18)9-4-3-5-10-8(9)6-7-11(17-10)13(14,15)16/h3-7H,2H2,1H3. The number of aromatic nitrogens is 1. The third-order valence-electron chi connectivity index (χ3n) is 2.52. The maximum Gasteiger partial charge on any atom is 0.433 e. The first-order valence-corrected chi connectivity index (χ1v) is 5.57. The second kappa shape index (κ2) is 4.87. The van der Waals surface area contributed by atoms with Gasteiger partial charge in [-0.05, 0) is 31.2 Å². The lowest BCUT2D eigenvalue weighted by Crippen LogP contribution is -2.09. The second-order valence-electron chi connectivity index (χ2n) is 3.79. The molecule has 0 unspecified atom stereocenters. The topological polar surface area (TPSA) is 39.2 Å². The fourth-order valence-electron chi connectivity index (χ4n) is 1.70. The number of rotatable bonds is 2. The summed E-state index contributed by atoms with van der Waals surface area (Å²) in [7, 11) is 0. The van der Waals surface area contributed by atoms with Crippen LogP contribution < -0.4 is 0 Å². The molecule has 0 amide bonds. The van der Waals surface area contributed by atoms with E-state index in [-0.39, 0.29) is 17.7 Å². The van der Waals surface area contributed by atoms with E-state index in [1.165, 1.54) is 24.3 Å². The molecule has 2 aromatic rings. The highest BCUT2D eigenvalue weighted by Gasteiger charge is 2.32. The maximum absolute atomic E-state index is 12.5. The number of nitrogens with zero attached hydrogens (tertiary/aromatic N) is 1. The average molecular weight is 269 g/mol. The Morgan fingerprint density at radius 1 is 1.26 bits per heavy atom. The van der Waals surface area contributed by atoms with E-state index < -0.39 is 17.8 Å². The van der Waals surface area contributed by atoms with Crippen LogP contribution in [0.1, 0.15) is 23.0 Å². The molecule has 1 aromatic heterocycles. The molecule has 0 fully saturated rings. The van der Waals surface area contributed by atoms with Crippen molar-refractivity contribution in [3.63, 3.8) is 0 Å². The number of hydrogen-bond donors (Lipinski definition) is 0. The molecule has 0 bridgehead atoms. The van der Waals surface area contributed by atoms with Gasteiger partial charge in [0.15, 0.2) is 0 Å². The third-order valence-corrected chi connectivity index (χ3v) is 2.52. The summed E-state index contributed by atoms with van der Waals surface area (Å²) in [4.78, 5) is 15.2. The van der Waals surface area contributed by atoms with Crippen molar-refractivity contribution in [3.05, 3.63) is 41.6 Å². The molecule has 0 aliphatic heterocycles. The van der Waals surface area contributed by atoms with Gasteiger partial charge in [0.25, 0.3) is 0 Å². The van der Waals surface area contributed by atoms with E-state index in [9.17, 15) is 18.0 Å². The van der Waals surface area contributed by atoms with Crippen molar-refractivity contribution < 1.29 is 22.7 Å². The highest BCUT2D eigenvalue weighted by Crippen LogP contribution is 2.29. The van der Waals surface area contributed by atoms with Gasteiger partial charge in [0.1, 0.15) is 5.69 Å². The quantitative estimate of drug-likeness (QED) is 0.784. The number of pyridine rings is 1. The first kappa shape index (κ1) is 13.3. The number of esters is 1. The Hall–Kier alpha value is -2.11. The van der Waals surface area contributed by atoms with E-state index >= 15 is 0 Å². The lowest BCUT2D eigenvalue weighted by molar-refractivity contribution is -0.140. The first-order chi connectivity index (χ1) is 8.93. The van der Waals surface area contributed by atoms with E-state index in [0.29, 0.717) is 5.39 Å². The zero-order valence-corrected chi connectivity index (χ0v) is 9.99. The number of hydrogen-bond acceptors (Lipinski definition) is 3. The molecule has 0 atom stereocenters. The molecule has 6 heteroatoms. The number of carbonyl (C=O) groups is 1. The Kier molecular flexibility index (Phi) is 3.42. The van der Waals surface area contributed by atoms with Crippen LogP contribution >= 0.6 is 0 Å². The van der Waals surface area contributed by atoms with Gasteiger partial charge < -0.3 is 4.74 Å². The maximum atomic E-state index is 12.5. The molecule has 100 valence electrons. The van der Waals surface area contributed by atoms with Crippen molar-refractivity contribution in [1.29, 1.82) is 0 Å². The van der Waals surface area contributed by atoms with Gasteiger partial charge in [0.2, 0.25) is 0 Å². The summed E-state index contributed by atoms with van der Waals surface area (Å²) >= 11 is 0. The molecular weight excluding hydrogens is 259 g/mol. The van der Waals surface area contributed by atoms with Gasteiger partial charge in [-0.25, -0.2) is 9.78 Å². The van der Waals surface area contributed by atoms with E-state index in [2.05, 4.69) is 4.98 Å². The molecule has 3 nitrogen and oxygen atoms in total. The molecule has 0 aliphatic rings. The molecule has 0 saturated heterocycles. The van der Waals surface area contributed by atoms with Crippen molar-refractivity contribution >= 4 is 16.9 Å². The van der Waals surface area contributed by atoms with Crippen molar-refractivity contribution in [2.24, 2.45) is 0 Å². The lowest BCUT2D eigenvalue weighted by atomic mass is 10.1. The van der Waals surface area contributed by atoms with Crippen LogP contribution in [-0.4, -0.2) is 17.6 Å². The summed E-state index contributed by atoms with van der Waals surface area (Å²) in [6.45, 7) is 1.85. The van der Waals surface area contributed by atoms with Gasteiger partial charge in [-0.2, -0.15) is 13.2 Å². The van der Waals surface area contributed by atoms with Crippen LogP contribution in [0.25, 0.3) is 10.9 Å². The van der Waals surface area contributed by atoms with Crippen LogP contribution in [0.5, 0.6) is 0 Å². The van der Waals surface area contributed by atoms with E-state index in [1.807, 2.05) is 0 Å². The van der Waals surface area contributed by atoms with Gasteiger partial charge in [-0.1, -0.05) is 6.07 Å². The van der Waals surface area contributed by atoms with Crippen LogP contribution in [0.2, 0.25) is 0 Å². The van der Waals surface area contributed by atoms with E-state index in [1.54, 1.807) is 6.92 Å². The molecule has 0 saturated carbocycles. The fraction of sp³-hybridized carbons (Fsp3) is 0.231. The lowest BCUT2D eigenvalue weighted by Gasteiger charge is -2.09. The number of fused-ring (bicyclic) bond motifs is 1. The van der Waals surface area contributed by atoms with Crippen LogP contribution in [-0.2, 0) is 10.9 Å². The number of alkyl halides is 3. The SMILES string of the molecule is CCOC(=O)c1cccc2nc(C(F)(F)F)ccc12. The fourth-order valence-corrected chi connectivity index (χ4v) is 1.70. The molecule has 0 radical (unpaired) electrons. The van der Waals surface area contributed by atoms with Crippen molar-refractivity contribution in [3.8, 4) is 0 Å². The molecular formula is C13H10F3NO2. The third kappa shape index (κ3) is 2.67. The Morgan fingerprint density at radius 2 is 2.00 bits per heavy atom. The molecule has 2 rings (SSSR count). The smallest absolute Gasteiger partial charge is 0.433 e. The van der Waals surface area contributed by atoms with Crippen LogP contribution in [0.15, 0.2) is 30.3 Å². The second-order valence-corrected chi connectivity index (χ2v) is 3.79. The van der Waals surface area contributed by atoms with E-state index in [0.717, 1.165) is 6.07 Å². The number of ether oxygens (including phenoxy) is 1. The van der Waals surface area contributed by atoms with Gasteiger partial charge in [0, 0.05) is 5.39 Å². The van der Waals surface area contributed by atoms with Crippen molar-refractivity contribution in [2.45, 2.75) is 13.1 Å². The zero-order valence-electron chi connectivity index (χ0n) is 9.99. The Bertz CT molecular complexity index is 623. The Balaban J connectivity index is 2.56. The van der Waals surface area contributed by atoms with Gasteiger partial charge >= 0.3 is 12.1 Å². The summed E-state index contributed by atoms with van der Waals surface area (Å²) in [5.41, 5.74) is -0.665. The minimum Gasteiger partial charge on any atom is -0.462 e. The Labute approximate surface area is 107 Å². The molecule has 1 aromatic carbocycles. The highest BCUT2D eigenvalue weighted by molar-refractivity contribution is 6.03. The molecule has 1 heterocycles. The summed E-state index contributed by atoms with van der Waals surface area (Å²) in [5, 5.41) is 0.342. The minimum atomic E-state index is -4.51. The Morgan fingerprint density at radius 3 is 2.63 bits per heavy atom. The summed E-state index contributed by atoms with van der Waals surface area (Å²) in [6.07, 6.45) is -4.51. The van der Waals surface area contributed by atoms with Gasteiger partial charge in [0.05, 0.1) is 17.7 Å². The predicted octanol–water partition coefficient (Wildman–Crippen LogP) is 3.43. The minimum absolute atomic E-state index is 0.111. The summed E-state index contributed by atoms with van der Waals surface area (Å²) in [5.74, 6) is -0.574. The number of halogens is 3. The molecule has 0 aliphatic carbocycles. The first-order valence-electron chi connectivity index (χ1n) is 5.57. The average Bonchev–Trinajstić information content (AvgIpc) is 2.36. The molecule has 0 N–H and O–H groups in total. The van der Waals surface area contributed by atoms with E-state index in [4.69, 9.17) is 4.74 Å². The predicted molar refractivity (Wildman–Crippen MR) is 62.7 cm³/mol. The van der Waals surface area contributed by atoms with Crippen LogP contribution in [0, 0.1) is 0 Å². The molecule has 19 heavy (non-hydrogen) atoms. The highest BCUT2D eigenvalue weighted by atomic mass is 19.4. The van der Waals surface area contributed by atoms with Crippen LogP contribution in [0.4, 0.5) is 13.2 Å². The molecule has 0 spiro atoms. The normalized spacial score (nSPS) is 11.6. The van der Waals surface area contributed by atoms with Gasteiger partial charge in [-0.3, -0.25) is 0 Å². The van der Waals surface area contributed by atoms with Crippen molar-refractivity contribution in [2.75, 3.05) is 6.61 Å². The summed E-state index contributed by atoms with van der Waals surface area (Å²) < 4.78 is 42.5.